The van der Waals surface area contributed by atoms with Crippen LogP contribution in [-0.4, -0.2) is 60.6 Å². The second-order valence-electron chi connectivity index (χ2n) is 4.64. The molecule has 19 heavy (non-hydrogen) atoms. The summed E-state index contributed by atoms with van der Waals surface area (Å²) in [5.74, 6) is 0. The molecule has 0 amide bonds. The predicted octanol–water partition coefficient (Wildman–Crippen LogP) is 0.962. The van der Waals surface area contributed by atoms with Crippen LogP contribution in [0.1, 0.15) is 26.2 Å². The molecule has 1 aliphatic rings. The summed E-state index contributed by atoms with van der Waals surface area (Å²) in [5.41, 5.74) is 0. The van der Waals surface area contributed by atoms with Crippen molar-refractivity contribution in [3.05, 3.63) is 0 Å². The molecule has 1 aliphatic heterocycles. The highest BCUT2D eigenvalue weighted by Gasteiger charge is 2.40. The lowest BCUT2D eigenvalue weighted by Crippen LogP contribution is -2.52. The number of aliphatic hydroxyl groups is 1. The van der Waals surface area contributed by atoms with E-state index in [4.69, 9.17) is 5.11 Å². The summed E-state index contributed by atoms with van der Waals surface area (Å²) in [5, 5.41) is 8.77. The highest BCUT2D eigenvalue weighted by atomic mass is 32.2. The number of hydrogen-bond donors (Lipinski definition) is 1. The zero-order valence-corrected chi connectivity index (χ0v) is 11.5. The van der Waals surface area contributed by atoms with E-state index < -0.39 is 36.1 Å². The quantitative estimate of drug-likeness (QED) is 0.823. The van der Waals surface area contributed by atoms with Gasteiger partial charge < -0.3 is 5.11 Å². The summed E-state index contributed by atoms with van der Waals surface area (Å²) in [6.45, 7) is -0.855. The standard InChI is InChI=1S/C10H19F3N2O3S/c1-9-4-2-3-5-15(9)19(17,18)14(6-7-16)8-10(11,12)13/h9,16H,2-8H2,1H3. The molecule has 114 valence electrons. The molecule has 0 aliphatic carbocycles. The van der Waals surface area contributed by atoms with Crippen LogP contribution in [-0.2, 0) is 10.2 Å². The first-order valence-electron chi connectivity index (χ1n) is 6.13. The number of halogens is 3. The van der Waals surface area contributed by atoms with Crippen LogP contribution in [0.2, 0.25) is 0 Å². The largest absolute Gasteiger partial charge is 0.402 e. The first-order chi connectivity index (χ1) is 8.68. The van der Waals surface area contributed by atoms with Gasteiger partial charge in [0.2, 0.25) is 0 Å². The van der Waals surface area contributed by atoms with Crippen molar-refractivity contribution in [1.82, 2.24) is 8.61 Å². The lowest BCUT2D eigenvalue weighted by Gasteiger charge is -2.36. The Hall–Kier alpha value is -0.380. The summed E-state index contributed by atoms with van der Waals surface area (Å²) in [6.07, 6.45) is -2.48. The Labute approximate surface area is 111 Å². The minimum Gasteiger partial charge on any atom is -0.395 e. The second kappa shape index (κ2) is 6.38. The molecule has 0 aromatic carbocycles. The highest BCUT2D eigenvalue weighted by Crippen LogP contribution is 2.25. The van der Waals surface area contributed by atoms with Gasteiger partial charge in [-0.05, 0) is 19.8 Å². The molecule has 1 N–H and O–H groups in total. The molecule has 9 heteroatoms. The zero-order valence-electron chi connectivity index (χ0n) is 10.7. The molecule has 0 aromatic heterocycles. The Balaban J connectivity index is 2.91. The number of aliphatic hydroxyl groups excluding tert-OH is 1. The van der Waals surface area contributed by atoms with E-state index in [0.717, 1.165) is 10.7 Å². The molecule has 1 atom stereocenters. The van der Waals surface area contributed by atoms with Crippen LogP contribution >= 0.6 is 0 Å². The molecule has 5 nitrogen and oxygen atoms in total. The smallest absolute Gasteiger partial charge is 0.395 e. The molecule has 1 rings (SSSR count). The lowest BCUT2D eigenvalue weighted by molar-refractivity contribution is -0.137. The summed E-state index contributed by atoms with van der Waals surface area (Å²) in [6, 6.07) is -0.312. The molecule has 1 saturated heterocycles. The maximum absolute atomic E-state index is 12.4. The number of nitrogens with zero attached hydrogens (tertiary/aromatic N) is 2. The van der Waals surface area contributed by atoms with Crippen molar-refractivity contribution in [3.63, 3.8) is 0 Å². The third-order valence-corrected chi connectivity index (χ3v) is 5.17. The summed E-state index contributed by atoms with van der Waals surface area (Å²) in [4.78, 5) is 0. The molecule has 0 bridgehead atoms. The first kappa shape index (κ1) is 16.7. The summed E-state index contributed by atoms with van der Waals surface area (Å²) >= 11 is 0. The maximum atomic E-state index is 12.4. The van der Waals surface area contributed by atoms with E-state index in [2.05, 4.69) is 0 Å². The SMILES string of the molecule is CC1CCCCN1S(=O)(=O)N(CCO)CC(F)(F)F. The van der Waals surface area contributed by atoms with Crippen molar-refractivity contribution < 1.29 is 26.7 Å². The fourth-order valence-corrected chi connectivity index (χ4v) is 3.99. The molecule has 0 radical (unpaired) electrons. The molecule has 0 aromatic rings. The minimum absolute atomic E-state index is 0.225. The lowest BCUT2D eigenvalue weighted by atomic mass is 10.1. The Morgan fingerprint density at radius 1 is 1.37 bits per heavy atom. The molecular weight excluding hydrogens is 285 g/mol. The Bertz CT molecular complexity index is 386. The Morgan fingerprint density at radius 2 is 2.00 bits per heavy atom. The van der Waals surface area contributed by atoms with Crippen LogP contribution in [0.15, 0.2) is 0 Å². The number of alkyl halides is 3. The number of piperidine rings is 1. The van der Waals surface area contributed by atoms with E-state index in [1.54, 1.807) is 6.92 Å². The predicted molar refractivity (Wildman–Crippen MR) is 63.7 cm³/mol. The monoisotopic (exact) mass is 304 g/mol. The van der Waals surface area contributed by atoms with Crippen LogP contribution in [0.5, 0.6) is 0 Å². The number of hydrogen-bond acceptors (Lipinski definition) is 3. The van der Waals surface area contributed by atoms with Gasteiger partial charge >= 0.3 is 6.18 Å². The van der Waals surface area contributed by atoms with Crippen molar-refractivity contribution in [2.75, 3.05) is 26.2 Å². The molecule has 0 spiro atoms. The van der Waals surface area contributed by atoms with E-state index >= 15 is 0 Å². The van der Waals surface area contributed by atoms with Gasteiger partial charge in [0, 0.05) is 19.1 Å². The normalized spacial score (nSPS) is 22.9. The first-order valence-corrected chi connectivity index (χ1v) is 7.52. The van der Waals surface area contributed by atoms with Gasteiger partial charge in [-0.15, -0.1) is 0 Å². The zero-order chi connectivity index (χ0) is 14.7. The van der Waals surface area contributed by atoms with E-state index in [-0.39, 0.29) is 12.6 Å². The van der Waals surface area contributed by atoms with E-state index in [0.29, 0.717) is 17.1 Å². The Kier molecular flexibility index (Phi) is 5.60. The summed E-state index contributed by atoms with van der Waals surface area (Å²) in [7, 11) is -4.18. The minimum atomic E-state index is -4.62. The van der Waals surface area contributed by atoms with Gasteiger partial charge in [-0.25, -0.2) is 0 Å². The fraction of sp³-hybridized carbons (Fsp3) is 1.00. The van der Waals surface area contributed by atoms with E-state index in [1.165, 1.54) is 0 Å². The molecule has 1 fully saturated rings. The van der Waals surface area contributed by atoms with Crippen molar-refractivity contribution in [2.45, 2.75) is 38.4 Å². The van der Waals surface area contributed by atoms with Gasteiger partial charge in [0.05, 0.1) is 6.61 Å². The van der Waals surface area contributed by atoms with Gasteiger partial charge in [-0.2, -0.15) is 30.2 Å². The van der Waals surface area contributed by atoms with Crippen molar-refractivity contribution in [3.8, 4) is 0 Å². The highest BCUT2D eigenvalue weighted by molar-refractivity contribution is 7.86. The van der Waals surface area contributed by atoms with E-state index in [9.17, 15) is 21.6 Å². The van der Waals surface area contributed by atoms with Crippen LogP contribution in [0, 0.1) is 0 Å². The van der Waals surface area contributed by atoms with Gasteiger partial charge in [-0.3, -0.25) is 0 Å². The van der Waals surface area contributed by atoms with Gasteiger partial charge in [0.1, 0.15) is 6.54 Å². The third kappa shape index (κ3) is 4.59. The van der Waals surface area contributed by atoms with Crippen LogP contribution in [0.3, 0.4) is 0 Å². The second-order valence-corrected chi connectivity index (χ2v) is 6.52. The van der Waals surface area contributed by atoms with Crippen LogP contribution < -0.4 is 0 Å². The van der Waals surface area contributed by atoms with Crippen LogP contribution in [0.25, 0.3) is 0 Å². The van der Waals surface area contributed by atoms with Crippen molar-refractivity contribution in [2.24, 2.45) is 0 Å². The van der Waals surface area contributed by atoms with E-state index in [1.807, 2.05) is 0 Å². The maximum Gasteiger partial charge on any atom is 0.402 e. The Morgan fingerprint density at radius 3 is 2.47 bits per heavy atom. The molecule has 0 saturated carbocycles. The molecule has 1 heterocycles. The van der Waals surface area contributed by atoms with Gasteiger partial charge in [0.25, 0.3) is 10.2 Å². The molecular formula is C10H19F3N2O3S. The average Bonchev–Trinajstić information content (AvgIpc) is 2.27. The van der Waals surface area contributed by atoms with Crippen molar-refractivity contribution in [1.29, 1.82) is 0 Å². The average molecular weight is 304 g/mol. The molecule has 1 unspecified atom stereocenters. The third-order valence-electron chi connectivity index (χ3n) is 3.07. The van der Waals surface area contributed by atoms with Crippen LogP contribution in [0.4, 0.5) is 13.2 Å². The summed E-state index contributed by atoms with van der Waals surface area (Å²) < 4.78 is 63.1. The number of rotatable bonds is 5. The van der Waals surface area contributed by atoms with Gasteiger partial charge in [-0.1, -0.05) is 6.42 Å². The van der Waals surface area contributed by atoms with Crippen molar-refractivity contribution >= 4 is 10.2 Å². The fourth-order valence-electron chi connectivity index (χ4n) is 2.15. The topological polar surface area (TPSA) is 60.9 Å². The van der Waals surface area contributed by atoms with Gasteiger partial charge in [0.15, 0.2) is 0 Å².